The number of carbonyl (C=O) groups excluding carboxylic acids is 1. The van der Waals surface area contributed by atoms with E-state index in [0.29, 0.717) is 6.54 Å². The van der Waals surface area contributed by atoms with E-state index >= 15 is 0 Å². The number of anilines is 2. The number of rotatable bonds is 7. The van der Waals surface area contributed by atoms with Crippen molar-refractivity contribution in [3.8, 4) is 0 Å². The summed E-state index contributed by atoms with van der Waals surface area (Å²) in [6.07, 6.45) is 3.16. The number of nitrogens with two attached hydrogens (primary N) is 1. The number of amides is 1. The van der Waals surface area contributed by atoms with Gasteiger partial charge in [-0.05, 0) is 17.9 Å². The minimum absolute atomic E-state index is 0.0261. The molecule has 0 fully saturated rings. The number of carbonyl (C=O) groups is 1. The highest BCUT2D eigenvalue weighted by Gasteiger charge is 2.13. The third-order valence-electron chi connectivity index (χ3n) is 3.17. The van der Waals surface area contributed by atoms with Gasteiger partial charge in [0.2, 0.25) is 11.9 Å². The molecule has 114 valence electrons. The summed E-state index contributed by atoms with van der Waals surface area (Å²) < 4.78 is 0.994. The van der Waals surface area contributed by atoms with Gasteiger partial charge in [0.1, 0.15) is 5.82 Å². The number of hydrogen-bond acceptors (Lipinski definition) is 6. The summed E-state index contributed by atoms with van der Waals surface area (Å²) in [5.41, 5.74) is 6.61. The number of hydrogen-bond donors (Lipinski definition) is 3. The van der Waals surface area contributed by atoms with Gasteiger partial charge < -0.3 is 16.4 Å². The predicted octanol–water partition coefficient (Wildman–Crippen LogP) is 2.38. The molecule has 0 aliphatic heterocycles. The van der Waals surface area contributed by atoms with Crippen LogP contribution < -0.4 is 16.4 Å². The van der Waals surface area contributed by atoms with Gasteiger partial charge in [0.25, 0.3) is 0 Å². The first-order chi connectivity index (χ1) is 10.1. The average molecular weight is 307 g/mol. The van der Waals surface area contributed by atoms with Crippen molar-refractivity contribution in [2.24, 2.45) is 0 Å². The van der Waals surface area contributed by atoms with Crippen molar-refractivity contribution in [1.82, 2.24) is 15.3 Å². The van der Waals surface area contributed by atoms with Crippen LogP contribution in [0.25, 0.3) is 10.2 Å². The fourth-order valence-electron chi connectivity index (χ4n) is 2.12. The molecule has 0 saturated carbocycles. The van der Waals surface area contributed by atoms with Crippen molar-refractivity contribution in [2.45, 2.75) is 39.2 Å². The number of nitrogens with one attached hydrogen (secondary N) is 2. The molecule has 6 nitrogen and oxygen atoms in total. The van der Waals surface area contributed by atoms with Gasteiger partial charge in [-0.15, -0.1) is 11.3 Å². The Kier molecular flexibility index (Phi) is 5.32. The summed E-state index contributed by atoms with van der Waals surface area (Å²) >= 11 is 1.58. The Balaban J connectivity index is 2.16. The van der Waals surface area contributed by atoms with E-state index in [4.69, 9.17) is 5.73 Å². The normalized spacial score (nSPS) is 12.3. The molecule has 0 saturated heterocycles. The van der Waals surface area contributed by atoms with Crippen LogP contribution in [-0.4, -0.2) is 28.5 Å². The molecule has 2 aromatic rings. The summed E-state index contributed by atoms with van der Waals surface area (Å²) in [4.78, 5) is 19.6. The number of nitrogens with zero attached hydrogens (tertiary/aromatic N) is 2. The third kappa shape index (κ3) is 4.29. The molecule has 1 amide bonds. The van der Waals surface area contributed by atoms with Crippen molar-refractivity contribution >= 4 is 39.2 Å². The minimum Gasteiger partial charge on any atom is -0.368 e. The maximum Gasteiger partial charge on any atom is 0.222 e. The molecule has 1 unspecified atom stereocenters. The first-order valence-corrected chi connectivity index (χ1v) is 7.99. The van der Waals surface area contributed by atoms with Gasteiger partial charge in [0.05, 0.1) is 10.2 Å². The second kappa shape index (κ2) is 7.21. The molecular weight excluding hydrogens is 286 g/mol. The predicted molar refractivity (Wildman–Crippen MR) is 87.4 cm³/mol. The molecule has 0 aromatic carbocycles. The van der Waals surface area contributed by atoms with Crippen LogP contribution in [0, 0.1) is 0 Å². The highest BCUT2D eigenvalue weighted by Crippen LogP contribution is 2.27. The number of unbranched alkanes of at least 4 members (excludes halogenated alkanes) is 1. The quantitative estimate of drug-likeness (QED) is 0.730. The fraction of sp³-hybridized carbons (Fsp3) is 0.500. The zero-order valence-corrected chi connectivity index (χ0v) is 13.2. The van der Waals surface area contributed by atoms with Crippen LogP contribution >= 0.6 is 11.3 Å². The van der Waals surface area contributed by atoms with Crippen molar-refractivity contribution in [3.63, 3.8) is 0 Å². The fourth-order valence-corrected chi connectivity index (χ4v) is 2.90. The molecule has 0 aliphatic rings. The van der Waals surface area contributed by atoms with Crippen LogP contribution in [0.4, 0.5) is 11.8 Å². The number of nitrogen functional groups attached to an aromatic ring is 1. The number of thiophene rings is 1. The smallest absolute Gasteiger partial charge is 0.222 e. The Labute approximate surface area is 128 Å². The zero-order valence-electron chi connectivity index (χ0n) is 12.3. The summed E-state index contributed by atoms with van der Waals surface area (Å²) in [6.45, 7) is 4.25. The van der Waals surface area contributed by atoms with Gasteiger partial charge in [0, 0.05) is 19.5 Å². The molecule has 1 atom stereocenters. The van der Waals surface area contributed by atoms with Crippen LogP contribution in [0.3, 0.4) is 0 Å². The molecule has 0 spiro atoms. The standard InChI is InChI=1S/C14H21N5OS/c1-3-4-5-10(8-16-9(2)20)17-13-12-11(6-7-21-12)18-14(15)19-13/h6-7,10H,3-5,8H2,1-2H3,(H,16,20)(H3,15,17,18,19). The first-order valence-electron chi connectivity index (χ1n) is 7.11. The summed E-state index contributed by atoms with van der Waals surface area (Å²) in [6, 6.07) is 2.06. The molecule has 0 bridgehead atoms. The van der Waals surface area contributed by atoms with Crippen LogP contribution in [0.15, 0.2) is 11.4 Å². The first kappa shape index (κ1) is 15.5. The lowest BCUT2D eigenvalue weighted by Gasteiger charge is -2.19. The second-order valence-electron chi connectivity index (χ2n) is 4.99. The van der Waals surface area contributed by atoms with Gasteiger partial charge in [0.15, 0.2) is 0 Å². The Hall–Kier alpha value is -1.89. The molecule has 4 N–H and O–H groups in total. The molecule has 21 heavy (non-hydrogen) atoms. The zero-order chi connectivity index (χ0) is 15.2. The van der Waals surface area contributed by atoms with E-state index in [9.17, 15) is 4.79 Å². The van der Waals surface area contributed by atoms with Gasteiger partial charge >= 0.3 is 0 Å². The molecule has 0 radical (unpaired) electrons. The van der Waals surface area contributed by atoms with E-state index in [2.05, 4.69) is 27.5 Å². The lowest BCUT2D eigenvalue weighted by atomic mass is 10.1. The lowest BCUT2D eigenvalue weighted by Crippen LogP contribution is -2.35. The molecule has 0 aliphatic carbocycles. The Morgan fingerprint density at radius 1 is 1.48 bits per heavy atom. The van der Waals surface area contributed by atoms with E-state index in [-0.39, 0.29) is 17.9 Å². The summed E-state index contributed by atoms with van der Waals surface area (Å²) in [5.74, 6) is 0.984. The summed E-state index contributed by atoms with van der Waals surface area (Å²) in [5, 5.41) is 8.23. The average Bonchev–Trinajstić information content (AvgIpc) is 2.89. The van der Waals surface area contributed by atoms with E-state index in [1.807, 2.05) is 11.4 Å². The van der Waals surface area contributed by atoms with Crippen LogP contribution in [0.2, 0.25) is 0 Å². The van der Waals surface area contributed by atoms with Gasteiger partial charge in [-0.25, -0.2) is 4.98 Å². The van der Waals surface area contributed by atoms with Crippen LogP contribution in [-0.2, 0) is 4.79 Å². The minimum atomic E-state index is -0.0261. The van der Waals surface area contributed by atoms with Crippen molar-refractivity contribution < 1.29 is 4.79 Å². The highest BCUT2D eigenvalue weighted by atomic mass is 32.1. The van der Waals surface area contributed by atoms with E-state index < -0.39 is 0 Å². The molecule has 7 heteroatoms. The van der Waals surface area contributed by atoms with Gasteiger partial charge in [-0.2, -0.15) is 4.98 Å². The van der Waals surface area contributed by atoms with Crippen LogP contribution in [0.5, 0.6) is 0 Å². The molecule has 2 heterocycles. The van der Waals surface area contributed by atoms with E-state index in [1.165, 1.54) is 6.92 Å². The number of fused-ring (bicyclic) bond motifs is 1. The maximum absolute atomic E-state index is 11.1. The Morgan fingerprint density at radius 3 is 3.00 bits per heavy atom. The maximum atomic E-state index is 11.1. The van der Waals surface area contributed by atoms with Crippen LogP contribution in [0.1, 0.15) is 33.1 Å². The van der Waals surface area contributed by atoms with Crippen molar-refractivity contribution in [1.29, 1.82) is 0 Å². The highest BCUT2D eigenvalue weighted by molar-refractivity contribution is 7.17. The van der Waals surface area contributed by atoms with E-state index in [0.717, 1.165) is 35.3 Å². The summed E-state index contributed by atoms with van der Waals surface area (Å²) in [7, 11) is 0. The Morgan fingerprint density at radius 2 is 2.29 bits per heavy atom. The van der Waals surface area contributed by atoms with Gasteiger partial charge in [-0.3, -0.25) is 4.79 Å². The van der Waals surface area contributed by atoms with E-state index in [1.54, 1.807) is 11.3 Å². The second-order valence-corrected chi connectivity index (χ2v) is 5.90. The van der Waals surface area contributed by atoms with Crippen molar-refractivity contribution in [2.75, 3.05) is 17.6 Å². The topological polar surface area (TPSA) is 92.9 Å². The molecule has 2 rings (SSSR count). The van der Waals surface area contributed by atoms with Crippen molar-refractivity contribution in [3.05, 3.63) is 11.4 Å². The Bertz CT molecular complexity index is 612. The third-order valence-corrected chi connectivity index (χ3v) is 4.08. The number of aromatic nitrogens is 2. The molecular formula is C14H21N5OS. The molecule has 2 aromatic heterocycles. The van der Waals surface area contributed by atoms with Gasteiger partial charge in [-0.1, -0.05) is 19.8 Å². The monoisotopic (exact) mass is 307 g/mol. The lowest BCUT2D eigenvalue weighted by molar-refractivity contribution is -0.119. The largest absolute Gasteiger partial charge is 0.368 e. The SMILES string of the molecule is CCCCC(CNC(C)=O)Nc1nc(N)nc2ccsc12.